The number of phosphoric ester groups is 1. The van der Waals surface area contributed by atoms with Crippen LogP contribution in [0, 0.1) is 0 Å². The van der Waals surface area contributed by atoms with Gasteiger partial charge in [-0.05, 0) is 83.5 Å². The Morgan fingerprint density at radius 2 is 0.684 bits per heavy atom. The van der Waals surface area contributed by atoms with Crippen molar-refractivity contribution >= 4 is 25.7 Å². The summed E-state index contributed by atoms with van der Waals surface area (Å²) in [7, 11) is -4.76. The maximum absolute atomic E-state index is 12.9. The molecule has 0 rings (SSSR count). The highest BCUT2D eigenvalue weighted by molar-refractivity contribution is 7.47. The fraction of sp³-hybridized carbons (Fsp3) is 0.797. The van der Waals surface area contributed by atoms with Gasteiger partial charge in [0.15, 0.2) is 6.10 Å². The number of carbonyl (C=O) groups is 3. The molecule has 0 aliphatic rings. The molecule has 0 saturated heterocycles. The number of hydrogen-bond acceptors (Lipinski definition) is 10. The number of carbonyl (C=O) groups excluding carboxylic acids is 3. The molecule has 3 atom stereocenters. The second-order valence-corrected chi connectivity index (χ2v) is 22.3. The minimum atomic E-state index is -4.76. The highest BCUT2D eigenvalue weighted by Crippen LogP contribution is 2.43. The van der Waals surface area contributed by atoms with Crippen molar-refractivity contribution in [2.24, 2.45) is 0 Å². The third-order valence-corrected chi connectivity index (χ3v) is 14.4. The standard InChI is InChI=1S/C64H115O11P/c1-4-7-10-13-16-19-22-25-28-29-30-31-34-37-40-43-46-49-52-55-64(68)75-61(57-71-62(66)53-50-47-44-41-38-35-32-26-23-20-17-14-11-8-5-2)59-73-76(69,70)72-58-60(56-65)74-63(67)54-51-48-45-42-39-36-33-27-24-21-18-15-12-9-6-3/h7,10,16,19,25,27-28,30-31,33,60-61,65H,4-6,8-9,11-15,17-18,20-24,26,29,32,34-59H2,1-3H3,(H,69,70)/b10-7-,19-16-,28-25-,31-30-,33-27-. The van der Waals surface area contributed by atoms with Gasteiger partial charge in [0, 0.05) is 19.3 Å². The molecule has 0 saturated carbocycles. The smallest absolute Gasteiger partial charge is 0.462 e. The molecule has 0 aromatic carbocycles. The first-order valence-corrected chi connectivity index (χ1v) is 32.7. The third-order valence-electron chi connectivity index (χ3n) is 13.4. The van der Waals surface area contributed by atoms with E-state index in [1.807, 2.05) is 0 Å². The Morgan fingerprint density at radius 1 is 0.382 bits per heavy atom. The van der Waals surface area contributed by atoms with Gasteiger partial charge in [-0.15, -0.1) is 0 Å². The molecule has 0 heterocycles. The fourth-order valence-electron chi connectivity index (χ4n) is 8.70. The van der Waals surface area contributed by atoms with Crippen LogP contribution in [-0.4, -0.2) is 66.5 Å². The topological polar surface area (TPSA) is 155 Å². The van der Waals surface area contributed by atoms with Gasteiger partial charge in [-0.1, -0.05) is 248 Å². The monoisotopic (exact) mass is 1090 g/mol. The SMILES string of the molecule is CC/C=C\C/C=C\C/C=C\C/C=C\CCCCCCCCC(=O)OC(COC(=O)CCCCCCCCCCCCCCCCC)COP(=O)(O)OCC(CO)OC(=O)CCCCCCC/C=C\CCCCCCCC. The van der Waals surface area contributed by atoms with Crippen molar-refractivity contribution in [2.45, 2.75) is 303 Å². The number of aliphatic hydroxyl groups excluding tert-OH is 1. The van der Waals surface area contributed by atoms with Crippen LogP contribution in [0.5, 0.6) is 0 Å². The number of ether oxygens (including phenoxy) is 3. The zero-order chi connectivity index (χ0) is 55.5. The summed E-state index contributed by atoms with van der Waals surface area (Å²) in [5, 5.41) is 9.83. The van der Waals surface area contributed by atoms with Gasteiger partial charge >= 0.3 is 25.7 Å². The summed E-state index contributed by atoms with van der Waals surface area (Å²) in [5.41, 5.74) is 0. The maximum atomic E-state index is 12.9. The minimum absolute atomic E-state index is 0.152. The quantitative estimate of drug-likeness (QED) is 0.0197. The number of aliphatic hydroxyl groups is 1. The zero-order valence-corrected chi connectivity index (χ0v) is 49.9. The first-order valence-electron chi connectivity index (χ1n) is 31.2. The number of allylic oxidation sites excluding steroid dienone is 10. The van der Waals surface area contributed by atoms with E-state index in [1.165, 1.54) is 109 Å². The van der Waals surface area contributed by atoms with E-state index in [0.717, 1.165) is 122 Å². The number of hydrogen-bond donors (Lipinski definition) is 2. The van der Waals surface area contributed by atoms with E-state index in [2.05, 4.69) is 81.5 Å². The number of phosphoric acid groups is 1. The third kappa shape index (κ3) is 55.9. The second kappa shape index (κ2) is 58.3. The van der Waals surface area contributed by atoms with Crippen molar-refractivity contribution in [2.75, 3.05) is 26.4 Å². The summed E-state index contributed by atoms with van der Waals surface area (Å²) in [6, 6.07) is 0. The Kier molecular flexibility index (Phi) is 56.2. The van der Waals surface area contributed by atoms with E-state index in [-0.39, 0.29) is 25.9 Å². The highest BCUT2D eigenvalue weighted by Gasteiger charge is 2.28. The largest absolute Gasteiger partial charge is 0.472 e. The van der Waals surface area contributed by atoms with E-state index in [9.17, 15) is 28.9 Å². The van der Waals surface area contributed by atoms with E-state index in [0.29, 0.717) is 19.3 Å². The molecule has 0 aliphatic heterocycles. The van der Waals surface area contributed by atoms with Crippen LogP contribution in [0.4, 0.5) is 0 Å². The lowest BCUT2D eigenvalue weighted by molar-refractivity contribution is -0.161. The Labute approximate surface area is 465 Å². The Bertz CT molecular complexity index is 1510. The summed E-state index contributed by atoms with van der Waals surface area (Å²) in [4.78, 5) is 48.7. The molecule has 76 heavy (non-hydrogen) atoms. The first kappa shape index (κ1) is 73.2. The predicted octanol–water partition coefficient (Wildman–Crippen LogP) is 18.7. The Hall–Kier alpha value is -2.82. The molecular formula is C64H115O11P. The lowest BCUT2D eigenvalue weighted by atomic mass is 10.0. The Morgan fingerprint density at radius 3 is 1.07 bits per heavy atom. The molecule has 442 valence electrons. The molecular weight excluding hydrogens is 976 g/mol. The summed E-state index contributed by atoms with van der Waals surface area (Å²) >= 11 is 0. The van der Waals surface area contributed by atoms with Crippen LogP contribution in [0.15, 0.2) is 60.8 Å². The molecule has 0 aliphatic carbocycles. The fourth-order valence-corrected chi connectivity index (χ4v) is 9.48. The molecule has 11 nitrogen and oxygen atoms in total. The van der Waals surface area contributed by atoms with Gasteiger partial charge in [0.1, 0.15) is 12.7 Å². The average molecular weight is 1090 g/mol. The zero-order valence-electron chi connectivity index (χ0n) is 49.0. The van der Waals surface area contributed by atoms with Gasteiger partial charge < -0.3 is 24.2 Å². The molecule has 3 unspecified atom stereocenters. The molecule has 0 aromatic heterocycles. The van der Waals surface area contributed by atoms with Gasteiger partial charge in [-0.3, -0.25) is 23.4 Å². The van der Waals surface area contributed by atoms with Gasteiger partial charge in [-0.2, -0.15) is 0 Å². The maximum Gasteiger partial charge on any atom is 0.472 e. The lowest BCUT2D eigenvalue weighted by Crippen LogP contribution is -2.30. The highest BCUT2D eigenvalue weighted by atomic mass is 31.2. The number of rotatable bonds is 58. The van der Waals surface area contributed by atoms with E-state index in [4.69, 9.17) is 23.3 Å². The second-order valence-electron chi connectivity index (χ2n) is 20.8. The van der Waals surface area contributed by atoms with Crippen LogP contribution in [0.3, 0.4) is 0 Å². The van der Waals surface area contributed by atoms with Crippen LogP contribution in [-0.2, 0) is 42.2 Å². The lowest BCUT2D eigenvalue weighted by Gasteiger charge is -2.21. The van der Waals surface area contributed by atoms with Crippen LogP contribution >= 0.6 is 7.82 Å². The minimum Gasteiger partial charge on any atom is -0.462 e. The van der Waals surface area contributed by atoms with Crippen molar-refractivity contribution in [3.63, 3.8) is 0 Å². The molecule has 2 N–H and O–H groups in total. The van der Waals surface area contributed by atoms with Crippen molar-refractivity contribution < 1.29 is 52.2 Å². The van der Waals surface area contributed by atoms with Crippen LogP contribution < -0.4 is 0 Å². The number of esters is 3. The van der Waals surface area contributed by atoms with Gasteiger partial charge in [0.05, 0.1) is 19.8 Å². The average Bonchev–Trinajstić information content (AvgIpc) is 3.41. The molecule has 0 aromatic rings. The summed E-state index contributed by atoms with van der Waals surface area (Å²) in [5.74, 6) is -1.47. The summed E-state index contributed by atoms with van der Waals surface area (Å²) in [6.45, 7) is 4.55. The number of unbranched alkanes of at least 4 members (excludes halogenated alkanes) is 31. The van der Waals surface area contributed by atoms with Gasteiger partial charge in [0.25, 0.3) is 0 Å². The molecule has 0 bridgehead atoms. The predicted molar refractivity (Wildman–Crippen MR) is 316 cm³/mol. The van der Waals surface area contributed by atoms with Crippen LogP contribution in [0.2, 0.25) is 0 Å². The van der Waals surface area contributed by atoms with E-state index < -0.39 is 57.8 Å². The van der Waals surface area contributed by atoms with E-state index in [1.54, 1.807) is 0 Å². The summed E-state index contributed by atoms with van der Waals surface area (Å²) < 4.78 is 39.6. The van der Waals surface area contributed by atoms with Gasteiger partial charge in [-0.25, -0.2) is 4.57 Å². The van der Waals surface area contributed by atoms with E-state index >= 15 is 0 Å². The van der Waals surface area contributed by atoms with Crippen LogP contribution in [0.1, 0.15) is 290 Å². The molecule has 0 amide bonds. The van der Waals surface area contributed by atoms with Crippen LogP contribution in [0.25, 0.3) is 0 Å². The summed E-state index contributed by atoms with van der Waals surface area (Å²) in [6.07, 6.45) is 64.5. The van der Waals surface area contributed by atoms with Crippen molar-refractivity contribution in [3.05, 3.63) is 60.8 Å². The molecule has 0 spiro atoms. The molecule has 0 radical (unpaired) electrons. The normalized spacial score (nSPS) is 13.7. The molecule has 0 fully saturated rings. The van der Waals surface area contributed by atoms with Crippen molar-refractivity contribution in [1.29, 1.82) is 0 Å². The Balaban J connectivity index is 4.72. The molecule has 12 heteroatoms. The van der Waals surface area contributed by atoms with Crippen molar-refractivity contribution in [3.8, 4) is 0 Å². The van der Waals surface area contributed by atoms with Crippen molar-refractivity contribution in [1.82, 2.24) is 0 Å². The van der Waals surface area contributed by atoms with Gasteiger partial charge in [0.2, 0.25) is 0 Å². The first-order chi connectivity index (χ1) is 37.2.